The molecule has 0 N–H and O–H groups in total. The van der Waals surface area contributed by atoms with Crippen LogP contribution in [0.3, 0.4) is 0 Å². The van der Waals surface area contributed by atoms with E-state index in [1.165, 1.54) is 24.3 Å². The molecule has 104 valence electrons. The molecule has 0 bridgehead atoms. The zero-order valence-electron chi connectivity index (χ0n) is 9.98. The van der Waals surface area contributed by atoms with Crippen molar-refractivity contribution in [3.05, 3.63) is 68.2 Å². The molecule has 0 amide bonds. The highest BCUT2D eigenvalue weighted by Crippen LogP contribution is 2.23. The predicted molar refractivity (Wildman–Crippen MR) is 71.5 cm³/mol. The van der Waals surface area contributed by atoms with Crippen LogP contribution < -0.4 is 4.74 Å². The first-order chi connectivity index (χ1) is 9.47. The second-order valence-electron chi connectivity index (χ2n) is 3.91. The Hall–Kier alpha value is -2.02. The predicted octanol–water partition coefficient (Wildman–Crippen LogP) is 4.21. The molecule has 0 heterocycles. The largest absolute Gasteiger partial charge is 0.489 e. The van der Waals surface area contributed by atoms with Crippen LogP contribution in [-0.4, -0.2) is 4.92 Å². The summed E-state index contributed by atoms with van der Waals surface area (Å²) in [4.78, 5) is 9.68. The van der Waals surface area contributed by atoms with E-state index >= 15 is 0 Å². The van der Waals surface area contributed by atoms with Crippen LogP contribution >= 0.6 is 15.9 Å². The maximum Gasteiger partial charge on any atom is 0.304 e. The molecule has 0 spiro atoms. The van der Waals surface area contributed by atoms with Gasteiger partial charge in [-0.25, -0.2) is 4.39 Å². The molecule has 0 atom stereocenters. The lowest BCUT2D eigenvalue weighted by Crippen LogP contribution is -1.98. The van der Waals surface area contributed by atoms with Gasteiger partial charge in [-0.2, -0.15) is 4.39 Å². The van der Waals surface area contributed by atoms with Crippen molar-refractivity contribution in [3.63, 3.8) is 0 Å². The number of halogens is 3. The van der Waals surface area contributed by atoms with Gasteiger partial charge in [-0.1, -0.05) is 0 Å². The number of nitro benzene ring substituents is 1. The molecule has 7 heteroatoms. The van der Waals surface area contributed by atoms with Crippen molar-refractivity contribution in [3.8, 4) is 5.75 Å². The molecule has 0 radical (unpaired) electrons. The second-order valence-corrected chi connectivity index (χ2v) is 4.76. The Kier molecular flexibility index (Phi) is 4.29. The second kappa shape index (κ2) is 5.96. The summed E-state index contributed by atoms with van der Waals surface area (Å²) in [6, 6.07) is 7.62. The molecular formula is C13H8BrF2NO3. The smallest absolute Gasteiger partial charge is 0.304 e. The zero-order chi connectivity index (χ0) is 14.7. The SMILES string of the molecule is O=[N+]([O-])c1ccc(COc2ccc(F)c(Br)c2)cc1F. The lowest BCUT2D eigenvalue weighted by molar-refractivity contribution is -0.387. The summed E-state index contributed by atoms with van der Waals surface area (Å²) in [5.74, 6) is -0.938. The summed E-state index contributed by atoms with van der Waals surface area (Å²) in [5.41, 5.74) is -0.146. The summed E-state index contributed by atoms with van der Waals surface area (Å²) in [7, 11) is 0. The minimum Gasteiger partial charge on any atom is -0.489 e. The van der Waals surface area contributed by atoms with E-state index in [0.29, 0.717) is 11.3 Å². The number of hydrogen-bond acceptors (Lipinski definition) is 3. The van der Waals surface area contributed by atoms with E-state index in [2.05, 4.69) is 15.9 Å². The van der Waals surface area contributed by atoms with Crippen molar-refractivity contribution in [2.45, 2.75) is 6.61 Å². The van der Waals surface area contributed by atoms with Gasteiger partial charge >= 0.3 is 5.69 Å². The first-order valence-corrected chi connectivity index (χ1v) is 6.27. The Morgan fingerprint density at radius 1 is 1.15 bits per heavy atom. The summed E-state index contributed by atoms with van der Waals surface area (Å²) in [6.07, 6.45) is 0. The van der Waals surface area contributed by atoms with Gasteiger partial charge in [-0.15, -0.1) is 0 Å². The fourth-order valence-corrected chi connectivity index (χ4v) is 1.88. The minimum absolute atomic E-state index is 0.0208. The Balaban J connectivity index is 2.09. The Bertz CT molecular complexity index is 664. The summed E-state index contributed by atoms with van der Waals surface area (Å²) in [6.45, 7) is 0.0208. The standard InChI is InChI=1S/C13H8BrF2NO3/c14-10-6-9(2-3-11(10)15)20-7-8-1-4-13(17(18)19)12(16)5-8/h1-6H,7H2. The molecule has 20 heavy (non-hydrogen) atoms. The molecule has 0 fully saturated rings. The van der Waals surface area contributed by atoms with Crippen molar-refractivity contribution in [1.29, 1.82) is 0 Å². The Morgan fingerprint density at radius 3 is 2.50 bits per heavy atom. The van der Waals surface area contributed by atoms with Crippen molar-refractivity contribution in [2.24, 2.45) is 0 Å². The van der Waals surface area contributed by atoms with E-state index in [9.17, 15) is 18.9 Å². The summed E-state index contributed by atoms with van der Waals surface area (Å²) in [5, 5.41) is 10.5. The van der Waals surface area contributed by atoms with Crippen LogP contribution in [0.1, 0.15) is 5.56 Å². The molecule has 0 saturated heterocycles. The summed E-state index contributed by atoms with van der Waals surface area (Å²) >= 11 is 3.02. The van der Waals surface area contributed by atoms with E-state index in [0.717, 1.165) is 12.1 Å². The average molecular weight is 344 g/mol. The van der Waals surface area contributed by atoms with Gasteiger partial charge in [0.25, 0.3) is 0 Å². The van der Waals surface area contributed by atoms with Crippen molar-refractivity contribution >= 4 is 21.6 Å². The third-order valence-corrected chi connectivity index (χ3v) is 3.11. The van der Waals surface area contributed by atoms with E-state index in [1.807, 2.05) is 0 Å². The van der Waals surface area contributed by atoms with Crippen molar-refractivity contribution in [2.75, 3.05) is 0 Å². The quantitative estimate of drug-likeness (QED) is 0.617. The Labute approximate surface area is 121 Å². The number of ether oxygens (including phenoxy) is 1. The topological polar surface area (TPSA) is 52.4 Å². The number of hydrogen-bond donors (Lipinski definition) is 0. The van der Waals surface area contributed by atoms with Crippen LogP contribution in [0.4, 0.5) is 14.5 Å². The van der Waals surface area contributed by atoms with Gasteiger partial charge < -0.3 is 4.74 Å². The fourth-order valence-electron chi connectivity index (χ4n) is 1.52. The lowest BCUT2D eigenvalue weighted by Gasteiger charge is -2.07. The molecular weight excluding hydrogens is 336 g/mol. The molecule has 2 rings (SSSR count). The van der Waals surface area contributed by atoms with Crippen LogP contribution in [0.2, 0.25) is 0 Å². The molecule has 0 saturated carbocycles. The normalized spacial score (nSPS) is 10.3. The number of benzene rings is 2. The molecule has 2 aromatic carbocycles. The van der Waals surface area contributed by atoms with Crippen LogP contribution in [0.25, 0.3) is 0 Å². The molecule has 0 aliphatic heterocycles. The fraction of sp³-hybridized carbons (Fsp3) is 0.0769. The van der Waals surface area contributed by atoms with Crippen LogP contribution in [0.5, 0.6) is 5.75 Å². The van der Waals surface area contributed by atoms with Gasteiger partial charge in [-0.05, 0) is 51.8 Å². The van der Waals surface area contributed by atoms with Crippen molar-refractivity contribution < 1.29 is 18.4 Å². The number of rotatable bonds is 4. The molecule has 0 aliphatic carbocycles. The van der Waals surface area contributed by atoms with Gasteiger partial charge in [0, 0.05) is 6.07 Å². The number of nitrogens with zero attached hydrogens (tertiary/aromatic N) is 1. The zero-order valence-corrected chi connectivity index (χ0v) is 11.6. The van der Waals surface area contributed by atoms with E-state index in [1.54, 1.807) is 0 Å². The van der Waals surface area contributed by atoms with Gasteiger partial charge in [0.1, 0.15) is 18.2 Å². The molecule has 0 aliphatic rings. The maximum absolute atomic E-state index is 13.4. The summed E-state index contributed by atoms with van der Waals surface area (Å²) < 4.78 is 32.0. The maximum atomic E-state index is 13.4. The molecule has 2 aromatic rings. The van der Waals surface area contributed by atoms with Gasteiger partial charge in [-0.3, -0.25) is 10.1 Å². The van der Waals surface area contributed by atoms with Crippen LogP contribution in [0, 0.1) is 21.7 Å². The van der Waals surface area contributed by atoms with E-state index < -0.39 is 22.2 Å². The first-order valence-electron chi connectivity index (χ1n) is 5.48. The molecule has 4 nitrogen and oxygen atoms in total. The van der Waals surface area contributed by atoms with Crippen molar-refractivity contribution in [1.82, 2.24) is 0 Å². The van der Waals surface area contributed by atoms with E-state index in [4.69, 9.17) is 4.74 Å². The highest BCUT2D eigenvalue weighted by atomic mass is 79.9. The monoisotopic (exact) mass is 343 g/mol. The number of nitro groups is 1. The molecule has 0 unspecified atom stereocenters. The Morgan fingerprint density at radius 2 is 1.90 bits per heavy atom. The third-order valence-electron chi connectivity index (χ3n) is 2.51. The van der Waals surface area contributed by atoms with Gasteiger partial charge in [0.05, 0.1) is 9.40 Å². The molecule has 0 aromatic heterocycles. The van der Waals surface area contributed by atoms with E-state index in [-0.39, 0.29) is 11.1 Å². The lowest BCUT2D eigenvalue weighted by atomic mass is 10.2. The highest BCUT2D eigenvalue weighted by molar-refractivity contribution is 9.10. The first kappa shape index (κ1) is 14.4. The third kappa shape index (κ3) is 3.30. The average Bonchev–Trinajstić information content (AvgIpc) is 2.40. The van der Waals surface area contributed by atoms with Crippen LogP contribution in [0.15, 0.2) is 40.9 Å². The van der Waals surface area contributed by atoms with Crippen LogP contribution in [-0.2, 0) is 6.61 Å². The van der Waals surface area contributed by atoms with Gasteiger partial charge in [0.15, 0.2) is 0 Å². The highest BCUT2D eigenvalue weighted by Gasteiger charge is 2.13. The minimum atomic E-state index is -0.920. The van der Waals surface area contributed by atoms with Gasteiger partial charge in [0.2, 0.25) is 5.82 Å².